The summed E-state index contributed by atoms with van der Waals surface area (Å²) in [5, 5.41) is 1.16. The van der Waals surface area contributed by atoms with Crippen LogP contribution >= 0.6 is 9.24 Å². The molecule has 0 nitrogen and oxygen atoms in total. The molecule has 0 aromatic rings. The Morgan fingerprint density at radius 3 is 1.44 bits per heavy atom. The van der Waals surface area contributed by atoms with Crippen molar-refractivity contribution in [3.63, 3.8) is 0 Å². The summed E-state index contributed by atoms with van der Waals surface area (Å²) < 4.78 is 0. The smallest absolute Gasteiger partial charge is 0.0311 e. The fourth-order valence-corrected chi connectivity index (χ4v) is 11.8. The Balaban J connectivity index is 3.68. The van der Waals surface area contributed by atoms with Gasteiger partial charge in [-0.15, -0.1) is 9.24 Å². The van der Waals surface area contributed by atoms with Gasteiger partial charge >= 0.3 is 0 Å². The molecular weight excluding hydrogens is 159 g/mol. The van der Waals surface area contributed by atoms with Gasteiger partial charge in [-0.2, -0.15) is 0 Å². The minimum absolute atomic E-state index is 0.302. The van der Waals surface area contributed by atoms with Crippen molar-refractivity contribution in [3.05, 3.63) is 0 Å². The van der Waals surface area contributed by atoms with E-state index in [1.54, 1.807) is 0 Å². The number of hydrogen-bond acceptors (Lipinski definition) is 0. The van der Waals surface area contributed by atoms with E-state index in [0.29, 0.717) is 0 Å². The van der Waals surface area contributed by atoms with Gasteiger partial charge in [0.05, 0.1) is 0 Å². The van der Waals surface area contributed by atoms with Gasteiger partial charge in [-0.25, -0.2) is 0 Å². The summed E-state index contributed by atoms with van der Waals surface area (Å²) in [5.41, 5.74) is 0. The Labute approximate surface area is 64.8 Å². The molecule has 0 spiro atoms. The third-order valence-electron chi connectivity index (χ3n) is 1.98. The van der Waals surface area contributed by atoms with E-state index < -0.39 is 0 Å². The van der Waals surface area contributed by atoms with Crippen molar-refractivity contribution in [2.75, 3.05) is 6.16 Å². The molecule has 0 aromatic heterocycles. The highest BCUT2D eigenvalue weighted by Crippen LogP contribution is 2.17. The van der Waals surface area contributed by atoms with Gasteiger partial charge in [-0.1, -0.05) is 31.4 Å². The number of hydrogen-bond donors (Lipinski definition) is 0. The fraction of sp³-hybridized carbons (Fsp3) is 1.00. The second-order valence-electron chi connectivity index (χ2n) is 3.39. The molecule has 1 unspecified atom stereocenters. The van der Waals surface area contributed by atoms with Gasteiger partial charge in [-0.05, 0) is 6.16 Å². The SMILES string of the molecule is C[SiH](C)C(CP)[SiH](C)C. The maximum absolute atomic E-state index is 2.90. The summed E-state index contributed by atoms with van der Waals surface area (Å²) in [5.74, 6) is 0. The summed E-state index contributed by atoms with van der Waals surface area (Å²) in [6.45, 7) is 9.90. The predicted octanol–water partition coefficient (Wildman–Crippen LogP) is 1.74. The van der Waals surface area contributed by atoms with E-state index in [9.17, 15) is 0 Å². The van der Waals surface area contributed by atoms with E-state index in [-0.39, 0.29) is 17.6 Å². The van der Waals surface area contributed by atoms with Gasteiger partial charge in [0.15, 0.2) is 0 Å². The second-order valence-corrected chi connectivity index (χ2v) is 11.3. The molecular formula is C6H19PSi2. The quantitative estimate of drug-likeness (QED) is 0.456. The highest BCUT2D eigenvalue weighted by atomic mass is 31.0. The van der Waals surface area contributed by atoms with E-state index in [1.807, 2.05) is 0 Å². The molecule has 0 heterocycles. The molecule has 56 valence electrons. The van der Waals surface area contributed by atoms with Crippen LogP contribution in [0.5, 0.6) is 0 Å². The Kier molecular flexibility index (Phi) is 5.09. The van der Waals surface area contributed by atoms with E-state index in [0.717, 1.165) is 5.16 Å². The highest BCUT2D eigenvalue weighted by Gasteiger charge is 2.16. The molecule has 1 atom stereocenters. The molecule has 0 amide bonds. The molecule has 0 aromatic carbocycles. The van der Waals surface area contributed by atoms with E-state index in [1.165, 1.54) is 6.16 Å². The Hall–Kier alpha value is 0.864. The summed E-state index contributed by atoms with van der Waals surface area (Å²) >= 11 is 0. The maximum Gasteiger partial charge on any atom is 0.0311 e. The monoisotopic (exact) mass is 178 g/mol. The first kappa shape index (κ1) is 9.86. The molecule has 0 aliphatic heterocycles. The Morgan fingerprint density at radius 1 is 1.11 bits per heavy atom. The van der Waals surface area contributed by atoms with Gasteiger partial charge < -0.3 is 0 Å². The molecule has 0 radical (unpaired) electrons. The zero-order chi connectivity index (χ0) is 7.44. The van der Waals surface area contributed by atoms with Crippen molar-refractivity contribution in [1.29, 1.82) is 0 Å². The summed E-state index contributed by atoms with van der Waals surface area (Å²) in [6, 6.07) is 0. The third kappa shape index (κ3) is 3.54. The first-order valence-corrected chi connectivity index (χ1v) is 10.6. The minimum Gasteiger partial charge on any atom is -0.138 e. The molecule has 0 bridgehead atoms. The average molecular weight is 178 g/mol. The summed E-state index contributed by atoms with van der Waals surface area (Å²) in [6.07, 6.45) is 1.37. The fourth-order valence-electron chi connectivity index (χ4n) is 1.31. The van der Waals surface area contributed by atoms with Crippen LogP contribution < -0.4 is 0 Å². The molecule has 0 saturated carbocycles. The van der Waals surface area contributed by atoms with Crippen LogP contribution in [0.25, 0.3) is 0 Å². The Bertz CT molecular complexity index is 65.5. The molecule has 0 saturated heterocycles. The molecule has 0 fully saturated rings. The predicted molar refractivity (Wildman–Crippen MR) is 56.1 cm³/mol. The topological polar surface area (TPSA) is 0 Å². The molecule has 0 N–H and O–H groups in total. The lowest BCUT2D eigenvalue weighted by Crippen LogP contribution is -2.25. The first-order valence-electron chi connectivity index (χ1n) is 3.79. The summed E-state index contributed by atoms with van der Waals surface area (Å²) in [4.78, 5) is 0. The zero-order valence-electron chi connectivity index (χ0n) is 7.02. The van der Waals surface area contributed by atoms with Crippen molar-refractivity contribution in [1.82, 2.24) is 0 Å². The first-order chi connectivity index (χ1) is 4.09. The van der Waals surface area contributed by atoms with Crippen molar-refractivity contribution < 1.29 is 0 Å². The third-order valence-corrected chi connectivity index (χ3v) is 12.2. The van der Waals surface area contributed by atoms with Crippen molar-refractivity contribution >= 4 is 26.8 Å². The second kappa shape index (κ2) is 4.64. The molecule has 9 heavy (non-hydrogen) atoms. The van der Waals surface area contributed by atoms with Crippen LogP contribution in [-0.2, 0) is 0 Å². The van der Waals surface area contributed by atoms with Gasteiger partial charge in [0.25, 0.3) is 0 Å². The molecule has 3 heteroatoms. The van der Waals surface area contributed by atoms with Gasteiger partial charge in [-0.3, -0.25) is 0 Å². The lowest BCUT2D eigenvalue weighted by molar-refractivity contribution is 1.27. The molecule has 0 rings (SSSR count). The Morgan fingerprint density at radius 2 is 1.44 bits per heavy atom. The van der Waals surface area contributed by atoms with E-state index in [4.69, 9.17) is 0 Å². The average Bonchev–Trinajstić information content (AvgIpc) is 1.64. The van der Waals surface area contributed by atoms with Crippen molar-refractivity contribution in [2.24, 2.45) is 0 Å². The van der Waals surface area contributed by atoms with Crippen LogP contribution in [0, 0.1) is 0 Å². The zero-order valence-corrected chi connectivity index (χ0v) is 10.5. The van der Waals surface area contributed by atoms with Crippen LogP contribution in [0.15, 0.2) is 0 Å². The van der Waals surface area contributed by atoms with Crippen LogP contribution in [-0.4, -0.2) is 23.8 Å². The van der Waals surface area contributed by atoms with Crippen molar-refractivity contribution in [2.45, 2.75) is 31.4 Å². The van der Waals surface area contributed by atoms with Gasteiger partial charge in [0.1, 0.15) is 0 Å². The standard InChI is InChI=1S/C6H19PSi2/c1-8(2)6(5-7)9(3)4/h6,8-9H,5,7H2,1-4H3. The minimum atomic E-state index is -0.302. The lowest BCUT2D eigenvalue weighted by atomic mass is 10.9. The van der Waals surface area contributed by atoms with E-state index in [2.05, 4.69) is 35.4 Å². The van der Waals surface area contributed by atoms with Crippen molar-refractivity contribution in [3.8, 4) is 0 Å². The van der Waals surface area contributed by atoms with Crippen LogP contribution in [0.3, 0.4) is 0 Å². The van der Waals surface area contributed by atoms with E-state index >= 15 is 0 Å². The summed E-state index contributed by atoms with van der Waals surface area (Å²) in [7, 11) is 2.30. The lowest BCUT2D eigenvalue weighted by Gasteiger charge is -2.20. The van der Waals surface area contributed by atoms with Crippen LogP contribution in [0.4, 0.5) is 0 Å². The van der Waals surface area contributed by atoms with Gasteiger partial charge in [0, 0.05) is 17.6 Å². The largest absolute Gasteiger partial charge is 0.138 e. The van der Waals surface area contributed by atoms with Crippen LogP contribution in [0.2, 0.25) is 31.4 Å². The maximum atomic E-state index is 2.90. The highest BCUT2D eigenvalue weighted by molar-refractivity contribution is 7.17. The number of rotatable bonds is 3. The molecule has 0 aliphatic rings. The van der Waals surface area contributed by atoms with Crippen LogP contribution in [0.1, 0.15) is 0 Å². The normalized spacial score (nSPS) is 12.0. The molecule has 0 aliphatic carbocycles. The van der Waals surface area contributed by atoms with Gasteiger partial charge in [0.2, 0.25) is 0 Å².